The predicted octanol–water partition coefficient (Wildman–Crippen LogP) is 3.50. The van der Waals surface area contributed by atoms with E-state index in [0.717, 1.165) is 11.3 Å². The Balaban J connectivity index is 1.55. The number of nitrogens with one attached hydrogen (secondary N) is 1. The lowest BCUT2D eigenvalue weighted by Crippen LogP contribution is -2.10. The highest BCUT2D eigenvalue weighted by Crippen LogP contribution is 2.26. The summed E-state index contributed by atoms with van der Waals surface area (Å²) in [6, 6.07) is 8.50. The Labute approximate surface area is 144 Å². The van der Waals surface area contributed by atoms with E-state index in [0.29, 0.717) is 15.0 Å². The molecule has 3 rings (SSSR count). The number of nitrogens with zero attached hydrogens (tertiary/aromatic N) is 2. The van der Waals surface area contributed by atoms with Crippen LogP contribution in [-0.2, 0) is 0 Å². The smallest absolute Gasteiger partial charge is 0.293 e. The summed E-state index contributed by atoms with van der Waals surface area (Å²) < 4.78 is 18.4. The van der Waals surface area contributed by atoms with Crippen molar-refractivity contribution >= 4 is 39.9 Å². The number of ketones is 1. The third-order valence-corrected chi connectivity index (χ3v) is 4.84. The van der Waals surface area contributed by atoms with Gasteiger partial charge in [-0.15, -0.1) is 10.2 Å². The average Bonchev–Trinajstić information content (AvgIpc) is 3.25. The summed E-state index contributed by atoms with van der Waals surface area (Å²) in [5.41, 5.74) is 0.430. The van der Waals surface area contributed by atoms with Gasteiger partial charge in [-0.1, -0.05) is 23.1 Å². The first-order valence-electron chi connectivity index (χ1n) is 6.72. The van der Waals surface area contributed by atoms with E-state index in [1.807, 2.05) is 0 Å². The third-order valence-electron chi connectivity index (χ3n) is 2.86. The van der Waals surface area contributed by atoms with Gasteiger partial charge in [0, 0.05) is 5.56 Å². The Kier molecular flexibility index (Phi) is 5.02. The number of amides is 1. The number of thioether (sulfide) groups is 1. The Bertz CT molecular complexity index is 847. The second kappa shape index (κ2) is 7.37. The average molecular weight is 363 g/mol. The van der Waals surface area contributed by atoms with E-state index in [9.17, 15) is 14.0 Å². The summed E-state index contributed by atoms with van der Waals surface area (Å²) in [4.78, 5) is 23.8. The number of rotatable bonds is 6. The number of carbonyl (C=O) groups is 2. The molecule has 2 heterocycles. The largest absolute Gasteiger partial charge is 0.459 e. The van der Waals surface area contributed by atoms with Crippen LogP contribution in [0.3, 0.4) is 0 Å². The van der Waals surface area contributed by atoms with Crippen molar-refractivity contribution < 1.29 is 18.4 Å². The number of hydrogen-bond acceptors (Lipinski definition) is 7. The van der Waals surface area contributed by atoms with Gasteiger partial charge in [-0.05, 0) is 36.4 Å². The van der Waals surface area contributed by atoms with Gasteiger partial charge in [-0.25, -0.2) is 4.39 Å². The van der Waals surface area contributed by atoms with Crippen molar-refractivity contribution in [3.63, 3.8) is 0 Å². The van der Waals surface area contributed by atoms with Crippen LogP contribution in [0.25, 0.3) is 0 Å². The number of carbonyl (C=O) groups excluding carboxylic acids is 2. The fourth-order valence-corrected chi connectivity index (χ4v) is 3.37. The van der Waals surface area contributed by atoms with E-state index < -0.39 is 5.91 Å². The monoisotopic (exact) mass is 363 g/mol. The van der Waals surface area contributed by atoms with Crippen LogP contribution in [0.2, 0.25) is 0 Å². The number of halogens is 1. The second-order valence-corrected chi connectivity index (χ2v) is 6.72. The van der Waals surface area contributed by atoms with Crippen molar-refractivity contribution in [1.29, 1.82) is 0 Å². The van der Waals surface area contributed by atoms with Crippen LogP contribution in [0.1, 0.15) is 20.9 Å². The molecule has 0 unspecified atom stereocenters. The minimum Gasteiger partial charge on any atom is -0.459 e. The molecule has 2 aromatic heterocycles. The van der Waals surface area contributed by atoms with Gasteiger partial charge in [-0.3, -0.25) is 14.9 Å². The molecule has 0 fully saturated rings. The third kappa shape index (κ3) is 4.06. The molecule has 0 saturated carbocycles. The molecule has 0 spiro atoms. The van der Waals surface area contributed by atoms with Crippen LogP contribution in [0, 0.1) is 5.82 Å². The SMILES string of the molecule is O=C(CSc1nnc(NC(=O)c2ccco2)s1)c1ccc(F)cc1. The van der Waals surface area contributed by atoms with E-state index in [-0.39, 0.29) is 23.1 Å². The topological polar surface area (TPSA) is 85.1 Å². The first kappa shape index (κ1) is 16.3. The summed E-state index contributed by atoms with van der Waals surface area (Å²) in [5, 5.41) is 10.6. The maximum absolute atomic E-state index is 12.8. The fourth-order valence-electron chi connectivity index (χ4n) is 1.73. The second-order valence-electron chi connectivity index (χ2n) is 4.52. The van der Waals surface area contributed by atoms with Crippen LogP contribution in [0.15, 0.2) is 51.4 Å². The highest BCUT2D eigenvalue weighted by atomic mass is 32.2. The van der Waals surface area contributed by atoms with Gasteiger partial charge in [0.2, 0.25) is 5.13 Å². The zero-order valence-corrected chi connectivity index (χ0v) is 13.7. The lowest BCUT2D eigenvalue weighted by Gasteiger charge is -1.98. The summed E-state index contributed by atoms with van der Waals surface area (Å²) in [6.45, 7) is 0. The van der Waals surface area contributed by atoms with Crippen LogP contribution in [-0.4, -0.2) is 27.6 Å². The molecule has 0 aliphatic rings. The number of hydrogen-bond donors (Lipinski definition) is 1. The lowest BCUT2D eigenvalue weighted by molar-refractivity contribution is 0.0994. The molecule has 122 valence electrons. The van der Waals surface area contributed by atoms with Crippen LogP contribution in [0.4, 0.5) is 9.52 Å². The van der Waals surface area contributed by atoms with E-state index >= 15 is 0 Å². The maximum atomic E-state index is 12.8. The Morgan fingerprint density at radius 3 is 2.71 bits per heavy atom. The Morgan fingerprint density at radius 1 is 1.21 bits per heavy atom. The minimum absolute atomic E-state index is 0.142. The first-order chi connectivity index (χ1) is 11.6. The van der Waals surface area contributed by atoms with Gasteiger partial charge in [-0.2, -0.15) is 0 Å². The fraction of sp³-hybridized carbons (Fsp3) is 0.0667. The van der Waals surface area contributed by atoms with Gasteiger partial charge in [0.15, 0.2) is 15.9 Å². The van der Waals surface area contributed by atoms with Gasteiger partial charge >= 0.3 is 0 Å². The highest BCUT2D eigenvalue weighted by molar-refractivity contribution is 8.01. The van der Waals surface area contributed by atoms with Crippen LogP contribution < -0.4 is 5.32 Å². The molecule has 0 saturated heterocycles. The van der Waals surface area contributed by atoms with Crippen molar-refractivity contribution in [3.05, 3.63) is 59.8 Å². The Morgan fingerprint density at radius 2 is 2.00 bits per heavy atom. The Hall–Kier alpha value is -2.52. The first-order valence-corrected chi connectivity index (χ1v) is 8.52. The number of Topliss-reactive ketones (excluding diaryl/α,β-unsaturated/α-hetero) is 1. The molecular weight excluding hydrogens is 353 g/mol. The molecule has 0 atom stereocenters. The van der Waals surface area contributed by atoms with Gasteiger partial charge in [0.05, 0.1) is 12.0 Å². The number of aromatic nitrogens is 2. The van der Waals surface area contributed by atoms with Crippen molar-refractivity contribution in [2.24, 2.45) is 0 Å². The summed E-state index contributed by atoms with van der Waals surface area (Å²) in [6.07, 6.45) is 1.40. The minimum atomic E-state index is -0.421. The van der Waals surface area contributed by atoms with Gasteiger partial charge in [0.1, 0.15) is 5.82 Å². The molecule has 24 heavy (non-hydrogen) atoms. The number of benzene rings is 1. The lowest BCUT2D eigenvalue weighted by atomic mass is 10.1. The molecule has 0 aliphatic heterocycles. The summed E-state index contributed by atoms with van der Waals surface area (Å²) in [5.74, 6) is -0.635. The zero-order chi connectivity index (χ0) is 16.9. The van der Waals surface area contributed by atoms with Crippen molar-refractivity contribution in [2.75, 3.05) is 11.1 Å². The van der Waals surface area contributed by atoms with Crippen molar-refractivity contribution in [1.82, 2.24) is 10.2 Å². The molecule has 6 nitrogen and oxygen atoms in total. The molecular formula is C15H10FN3O3S2. The quantitative estimate of drug-likeness (QED) is 0.410. The normalized spacial score (nSPS) is 10.5. The molecule has 0 bridgehead atoms. The molecule has 1 aromatic carbocycles. The van der Waals surface area contributed by atoms with E-state index in [4.69, 9.17) is 4.42 Å². The van der Waals surface area contributed by atoms with Crippen molar-refractivity contribution in [3.8, 4) is 0 Å². The molecule has 3 aromatic rings. The predicted molar refractivity (Wildman–Crippen MR) is 88.0 cm³/mol. The van der Waals surface area contributed by atoms with Gasteiger partial charge < -0.3 is 4.42 Å². The number of furan rings is 1. The highest BCUT2D eigenvalue weighted by Gasteiger charge is 2.14. The van der Waals surface area contributed by atoms with E-state index in [1.165, 1.54) is 48.4 Å². The molecule has 1 amide bonds. The maximum Gasteiger partial charge on any atom is 0.293 e. The van der Waals surface area contributed by atoms with E-state index in [2.05, 4.69) is 15.5 Å². The molecule has 9 heteroatoms. The number of anilines is 1. The summed E-state index contributed by atoms with van der Waals surface area (Å²) in [7, 11) is 0. The van der Waals surface area contributed by atoms with Crippen LogP contribution in [0.5, 0.6) is 0 Å². The zero-order valence-electron chi connectivity index (χ0n) is 12.1. The molecule has 0 radical (unpaired) electrons. The molecule has 0 aliphatic carbocycles. The van der Waals surface area contributed by atoms with Crippen LogP contribution >= 0.6 is 23.1 Å². The van der Waals surface area contributed by atoms with Crippen molar-refractivity contribution in [2.45, 2.75) is 4.34 Å². The van der Waals surface area contributed by atoms with Gasteiger partial charge in [0.25, 0.3) is 5.91 Å². The molecule has 1 N–H and O–H groups in total. The standard InChI is InChI=1S/C15H10FN3O3S2/c16-10-5-3-9(4-6-10)11(20)8-23-15-19-18-14(24-15)17-13(21)12-2-1-7-22-12/h1-7H,8H2,(H,17,18,21). The summed E-state index contributed by atoms with van der Waals surface area (Å²) >= 11 is 2.35. The van der Waals surface area contributed by atoms with E-state index in [1.54, 1.807) is 6.07 Å².